The second-order valence-electron chi connectivity index (χ2n) is 13.5. The van der Waals surface area contributed by atoms with Crippen molar-refractivity contribution in [2.24, 2.45) is 28.1 Å². The third kappa shape index (κ3) is 11.3. The van der Waals surface area contributed by atoms with Crippen molar-refractivity contribution in [2.45, 2.75) is 57.9 Å². The van der Waals surface area contributed by atoms with E-state index in [0.29, 0.717) is 17.7 Å². The van der Waals surface area contributed by atoms with E-state index in [1.54, 1.807) is 26.6 Å². The number of nitrogens with two attached hydrogens (primary N) is 1. The predicted octanol–water partition coefficient (Wildman–Crippen LogP) is 5.38. The van der Waals surface area contributed by atoms with E-state index in [-0.39, 0.29) is 5.92 Å². The number of aromatic nitrogens is 2. The van der Waals surface area contributed by atoms with Gasteiger partial charge in [0.25, 0.3) is 0 Å². The fourth-order valence-electron chi connectivity index (χ4n) is 7.20. The van der Waals surface area contributed by atoms with Crippen LogP contribution < -0.4 is 11.1 Å². The first-order valence-corrected chi connectivity index (χ1v) is 18.1. The lowest BCUT2D eigenvalue weighted by Crippen LogP contribution is -2.45. The molecule has 0 radical (unpaired) electrons. The number of carbonyl (C=O) groups excluding carboxylic acids is 1. The van der Waals surface area contributed by atoms with E-state index in [4.69, 9.17) is 15.4 Å². The molecular formula is C39H54N8O3. The van der Waals surface area contributed by atoms with Crippen LogP contribution in [0.1, 0.15) is 68.3 Å². The van der Waals surface area contributed by atoms with Gasteiger partial charge < -0.3 is 25.6 Å². The van der Waals surface area contributed by atoms with E-state index in [9.17, 15) is 4.79 Å². The molecule has 1 aromatic carbocycles. The van der Waals surface area contributed by atoms with Gasteiger partial charge in [-0.25, -0.2) is 0 Å². The summed E-state index contributed by atoms with van der Waals surface area (Å²) in [6, 6.07) is 19.8. The fourth-order valence-corrected chi connectivity index (χ4v) is 7.20. The Bertz CT molecular complexity index is 1500. The van der Waals surface area contributed by atoms with Crippen molar-refractivity contribution in [3.05, 3.63) is 90.0 Å². The van der Waals surface area contributed by atoms with Gasteiger partial charge in [-0.1, -0.05) is 34.6 Å². The smallest absolute Gasteiger partial charge is 0.225 e. The number of anilines is 1. The van der Waals surface area contributed by atoms with Gasteiger partial charge in [0.15, 0.2) is 0 Å². The third-order valence-corrected chi connectivity index (χ3v) is 9.97. The minimum atomic E-state index is 0.151. The first-order valence-electron chi connectivity index (χ1n) is 18.1. The molecule has 3 aliphatic heterocycles. The number of hydrogen-bond acceptors (Lipinski definition) is 10. The third-order valence-electron chi connectivity index (χ3n) is 9.97. The van der Waals surface area contributed by atoms with Crippen LogP contribution in [0.25, 0.3) is 0 Å². The highest BCUT2D eigenvalue weighted by molar-refractivity contribution is 5.99. The van der Waals surface area contributed by atoms with E-state index in [0.717, 1.165) is 113 Å². The average molecular weight is 683 g/mol. The number of nitrogens with zero attached hydrogens (tertiary/aromatic N) is 6. The van der Waals surface area contributed by atoms with Crippen molar-refractivity contribution in [2.75, 3.05) is 59.2 Å². The maximum absolute atomic E-state index is 13.2. The number of benzene rings is 1. The zero-order chi connectivity index (χ0) is 35.0. The van der Waals surface area contributed by atoms with Crippen molar-refractivity contribution in [1.29, 1.82) is 0 Å². The topological polar surface area (TPSA) is 131 Å². The first-order chi connectivity index (χ1) is 24.5. The van der Waals surface area contributed by atoms with Crippen molar-refractivity contribution in [3.8, 4) is 0 Å². The number of nitrogen functional groups attached to an aromatic ring is 1. The molecule has 0 atom stereocenters. The number of oxime groups is 2. The molecule has 0 aliphatic carbocycles. The Morgan fingerprint density at radius 2 is 1.36 bits per heavy atom. The molecule has 2 aromatic heterocycles. The summed E-state index contributed by atoms with van der Waals surface area (Å²) in [4.78, 5) is 36.4. The van der Waals surface area contributed by atoms with E-state index >= 15 is 0 Å². The summed E-state index contributed by atoms with van der Waals surface area (Å²) in [5.74, 6) is 1.67. The zero-order valence-corrected chi connectivity index (χ0v) is 29.8. The van der Waals surface area contributed by atoms with Gasteiger partial charge in [0.05, 0.1) is 11.4 Å². The van der Waals surface area contributed by atoms with Gasteiger partial charge >= 0.3 is 0 Å². The molecular weight excluding hydrogens is 628 g/mol. The van der Waals surface area contributed by atoms with Gasteiger partial charge in [0.1, 0.15) is 25.6 Å². The molecule has 268 valence electrons. The zero-order valence-electron chi connectivity index (χ0n) is 29.8. The predicted molar refractivity (Wildman–Crippen MR) is 199 cm³/mol. The Kier molecular flexibility index (Phi) is 14.6. The van der Waals surface area contributed by atoms with Crippen molar-refractivity contribution in [1.82, 2.24) is 25.1 Å². The van der Waals surface area contributed by atoms with Crippen molar-refractivity contribution >= 4 is 23.0 Å². The molecule has 11 heteroatoms. The summed E-state index contributed by atoms with van der Waals surface area (Å²) >= 11 is 0. The molecule has 11 nitrogen and oxygen atoms in total. The highest BCUT2D eigenvalue weighted by Crippen LogP contribution is 2.27. The van der Waals surface area contributed by atoms with E-state index < -0.39 is 0 Å². The minimum absolute atomic E-state index is 0.151. The van der Waals surface area contributed by atoms with Gasteiger partial charge in [-0.05, 0) is 131 Å². The molecule has 3 aliphatic rings. The Hall–Kier alpha value is -4.35. The summed E-state index contributed by atoms with van der Waals surface area (Å²) in [6.45, 7) is 6.69. The molecule has 3 aromatic rings. The fraction of sp³-hybridized carbons (Fsp3) is 0.513. The van der Waals surface area contributed by atoms with Crippen LogP contribution in [0.5, 0.6) is 0 Å². The summed E-state index contributed by atoms with van der Waals surface area (Å²) in [5.41, 5.74) is 11.6. The molecule has 1 amide bonds. The number of pyridine rings is 2. The van der Waals surface area contributed by atoms with Crippen LogP contribution in [0.2, 0.25) is 0 Å². The quantitative estimate of drug-likeness (QED) is 0.157. The number of amides is 1. The van der Waals surface area contributed by atoms with Crippen molar-refractivity contribution < 1.29 is 14.5 Å². The maximum atomic E-state index is 13.2. The number of carbonyl (C=O) groups is 1. The molecule has 0 saturated carbocycles. The maximum Gasteiger partial charge on any atom is 0.225 e. The highest BCUT2D eigenvalue weighted by atomic mass is 16.6. The first kappa shape index (κ1) is 36.9. The number of nitrogens with one attached hydrogen (secondary N) is 1. The Labute approximate surface area is 297 Å². The summed E-state index contributed by atoms with van der Waals surface area (Å²) < 4.78 is 0. The van der Waals surface area contributed by atoms with Crippen LogP contribution in [-0.2, 0) is 21.0 Å². The molecule has 0 spiro atoms. The number of piperidine rings is 3. The van der Waals surface area contributed by atoms with E-state index in [2.05, 4.69) is 41.5 Å². The van der Waals surface area contributed by atoms with Crippen LogP contribution in [-0.4, -0.2) is 90.6 Å². The average Bonchev–Trinajstić information content (AvgIpc) is 3.16. The highest BCUT2D eigenvalue weighted by Gasteiger charge is 2.31. The largest absolute Gasteiger partial charge is 0.399 e. The second-order valence-corrected chi connectivity index (χ2v) is 13.5. The summed E-state index contributed by atoms with van der Waals surface area (Å²) in [7, 11) is 3.16. The van der Waals surface area contributed by atoms with Gasteiger partial charge in [-0.3, -0.25) is 19.7 Å². The lowest BCUT2D eigenvalue weighted by atomic mass is 9.88. The van der Waals surface area contributed by atoms with Crippen molar-refractivity contribution in [3.63, 3.8) is 0 Å². The molecule has 3 fully saturated rings. The molecule has 0 bridgehead atoms. The monoisotopic (exact) mass is 682 g/mol. The van der Waals surface area contributed by atoms with Gasteiger partial charge in [-0.15, -0.1) is 0 Å². The van der Waals surface area contributed by atoms with Crippen LogP contribution in [0.3, 0.4) is 0 Å². The van der Waals surface area contributed by atoms with E-state index in [1.165, 1.54) is 18.4 Å². The Balaban J connectivity index is 0.000000240. The lowest BCUT2D eigenvalue weighted by Gasteiger charge is -2.37. The van der Waals surface area contributed by atoms with Gasteiger partial charge in [0.2, 0.25) is 5.91 Å². The summed E-state index contributed by atoms with van der Waals surface area (Å²) in [6.07, 6.45) is 11.6. The Morgan fingerprint density at radius 3 is 1.88 bits per heavy atom. The SMILES string of the molecule is CO/N=C(\CC1CCN(C(=O)C2CCN(Cc3cccc(N)c3)CC2)CC1)c1ccccn1.CO/N=C(\CC1CCNCC1)c1ccccn1. The summed E-state index contributed by atoms with van der Waals surface area (Å²) in [5, 5.41) is 11.7. The van der Waals surface area contributed by atoms with Crippen LogP contribution in [0, 0.1) is 17.8 Å². The number of likely N-dealkylation sites (tertiary alicyclic amines) is 2. The number of hydrogen-bond donors (Lipinski definition) is 2. The molecule has 50 heavy (non-hydrogen) atoms. The molecule has 0 unspecified atom stereocenters. The minimum Gasteiger partial charge on any atom is -0.399 e. The normalized spacial score (nSPS) is 18.6. The second kappa shape index (κ2) is 19.7. The van der Waals surface area contributed by atoms with Gasteiger partial charge in [-0.2, -0.15) is 0 Å². The van der Waals surface area contributed by atoms with Crippen LogP contribution >= 0.6 is 0 Å². The molecule has 5 heterocycles. The molecule has 3 saturated heterocycles. The van der Waals surface area contributed by atoms with Crippen LogP contribution in [0.4, 0.5) is 5.69 Å². The lowest BCUT2D eigenvalue weighted by molar-refractivity contribution is -0.138. The molecule has 3 N–H and O–H groups in total. The van der Waals surface area contributed by atoms with Gasteiger partial charge in [0, 0.05) is 43.6 Å². The van der Waals surface area contributed by atoms with Crippen LogP contribution in [0.15, 0.2) is 83.4 Å². The molecule has 6 rings (SSSR count). The standard InChI is InChI=1S/C26H35N5O2.C13H19N3O/c1-33-29-25(24-7-2-3-12-28-24)18-20-8-15-31(16-9-20)26(32)22-10-13-30(14-11-22)19-21-5-4-6-23(27)17-21;1-17-16-13(12-4-2-3-7-15-12)10-11-5-8-14-9-6-11/h2-7,12,17,20,22H,8-11,13-16,18-19,27H2,1H3;2-4,7,11,14H,5-6,8-10H2,1H3/b29-25+;16-13+. The Morgan fingerprint density at radius 1 is 0.780 bits per heavy atom. The van der Waals surface area contributed by atoms with E-state index in [1.807, 2.05) is 54.6 Å². The number of rotatable bonds is 11.